The van der Waals surface area contributed by atoms with Gasteiger partial charge in [0.25, 0.3) is 0 Å². The van der Waals surface area contributed by atoms with Crippen LogP contribution < -0.4 is 10.2 Å². The van der Waals surface area contributed by atoms with E-state index in [1.54, 1.807) is 6.33 Å². The standard InChI is InChI=1S/C22H22N4/c1-15-12-19-21(23-13-16-6-3-2-4-7-16)24-14-25-22(19)26-11-10-17-8-5-9-18(15)20(17)26/h2-9,14-15H,10-13H2,1H3,(H,23,24,25)/t15-/m1/s1. The third-order valence-corrected chi connectivity index (χ3v) is 5.55. The highest BCUT2D eigenvalue weighted by molar-refractivity contribution is 5.77. The molecule has 4 nitrogen and oxygen atoms in total. The van der Waals surface area contributed by atoms with Crippen LogP contribution in [-0.4, -0.2) is 16.5 Å². The van der Waals surface area contributed by atoms with Gasteiger partial charge in [-0.3, -0.25) is 0 Å². The van der Waals surface area contributed by atoms with Gasteiger partial charge in [-0.2, -0.15) is 0 Å². The molecular formula is C22H22N4. The van der Waals surface area contributed by atoms with Gasteiger partial charge in [0, 0.05) is 24.3 Å². The molecule has 5 rings (SSSR count). The van der Waals surface area contributed by atoms with Crippen LogP contribution >= 0.6 is 0 Å². The summed E-state index contributed by atoms with van der Waals surface area (Å²) in [5, 5.41) is 3.55. The summed E-state index contributed by atoms with van der Waals surface area (Å²) in [6, 6.07) is 17.2. The van der Waals surface area contributed by atoms with Crippen molar-refractivity contribution >= 4 is 17.3 Å². The van der Waals surface area contributed by atoms with Crippen LogP contribution in [0.25, 0.3) is 0 Å². The molecule has 0 unspecified atom stereocenters. The van der Waals surface area contributed by atoms with E-state index in [1.165, 1.54) is 27.9 Å². The Balaban J connectivity index is 1.54. The van der Waals surface area contributed by atoms with E-state index in [0.717, 1.165) is 37.6 Å². The molecule has 3 aromatic rings. The third-order valence-electron chi connectivity index (χ3n) is 5.55. The third kappa shape index (κ3) is 2.45. The van der Waals surface area contributed by atoms with Crippen LogP contribution in [0.2, 0.25) is 0 Å². The van der Waals surface area contributed by atoms with Crippen LogP contribution in [0.3, 0.4) is 0 Å². The fourth-order valence-corrected chi connectivity index (χ4v) is 4.27. The molecule has 0 radical (unpaired) electrons. The van der Waals surface area contributed by atoms with Crippen molar-refractivity contribution in [2.45, 2.75) is 32.2 Å². The maximum Gasteiger partial charge on any atom is 0.141 e. The molecule has 1 atom stereocenters. The zero-order valence-electron chi connectivity index (χ0n) is 14.9. The molecule has 4 heteroatoms. The summed E-state index contributed by atoms with van der Waals surface area (Å²) < 4.78 is 0. The maximum absolute atomic E-state index is 4.69. The lowest BCUT2D eigenvalue weighted by Gasteiger charge is -2.21. The molecule has 1 N–H and O–H groups in total. The molecule has 3 heterocycles. The van der Waals surface area contributed by atoms with E-state index in [0.29, 0.717) is 5.92 Å². The van der Waals surface area contributed by atoms with Gasteiger partial charge in [0.05, 0.1) is 0 Å². The SMILES string of the molecule is C[C@@H]1Cc2c(NCc3ccccc3)ncnc2N2CCc3cccc1c32. The molecule has 0 fully saturated rings. The van der Waals surface area contributed by atoms with Crippen molar-refractivity contribution in [3.63, 3.8) is 0 Å². The summed E-state index contributed by atoms with van der Waals surface area (Å²) in [6.45, 7) is 4.09. The number of anilines is 3. The lowest BCUT2D eigenvalue weighted by molar-refractivity contribution is 0.763. The van der Waals surface area contributed by atoms with E-state index in [2.05, 4.69) is 69.6 Å². The number of nitrogens with zero attached hydrogens (tertiary/aromatic N) is 3. The van der Waals surface area contributed by atoms with Gasteiger partial charge in [0.1, 0.15) is 18.0 Å². The zero-order valence-corrected chi connectivity index (χ0v) is 14.9. The monoisotopic (exact) mass is 342 g/mol. The highest BCUT2D eigenvalue weighted by Crippen LogP contribution is 2.46. The average molecular weight is 342 g/mol. The van der Waals surface area contributed by atoms with Gasteiger partial charge in [-0.15, -0.1) is 0 Å². The van der Waals surface area contributed by atoms with Gasteiger partial charge in [-0.25, -0.2) is 9.97 Å². The molecule has 0 aliphatic carbocycles. The Hall–Kier alpha value is -2.88. The van der Waals surface area contributed by atoms with Crippen molar-refractivity contribution in [3.8, 4) is 0 Å². The molecule has 2 aliphatic rings. The largest absolute Gasteiger partial charge is 0.366 e. The minimum Gasteiger partial charge on any atom is -0.366 e. The number of hydrogen-bond donors (Lipinski definition) is 1. The first kappa shape index (κ1) is 15.4. The molecule has 1 aromatic heterocycles. The molecule has 0 amide bonds. The summed E-state index contributed by atoms with van der Waals surface area (Å²) in [7, 11) is 0. The Bertz CT molecular complexity index is 952. The minimum absolute atomic E-state index is 0.454. The van der Waals surface area contributed by atoms with Crippen LogP contribution in [0.1, 0.15) is 35.1 Å². The Morgan fingerprint density at radius 1 is 1.08 bits per heavy atom. The van der Waals surface area contributed by atoms with Crippen molar-refractivity contribution in [2.75, 3.05) is 16.8 Å². The number of benzene rings is 2. The predicted molar refractivity (Wildman–Crippen MR) is 105 cm³/mol. The first-order valence-electron chi connectivity index (χ1n) is 9.32. The van der Waals surface area contributed by atoms with Crippen LogP contribution in [0.5, 0.6) is 0 Å². The van der Waals surface area contributed by atoms with E-state index in [4.69, 9.17) is 0 Å². The van der Waals surface area contributed by atoms with Crippen molar-refractivity contribution < 1.29 is 0 Å². The van der Waals surface area contributed by atoms with E-state index in [9.17, 15) is 0 Å². The lowest BCUT2D eigenvalue weighted by Crippen LogP contribution is -2.17. The summed E-state index contributed by atoms with van der Waals surface area (Å²) >= 11 is 0. The molecule has 0 bridgehead atoms. The van der Waals surface area contributed by atoms with Gasteiger partial charge in [-0.05, 0) is 35.4 Å². The Morgan fingerprint density at radius 3 is 2.85 bits per heavy atom. The molecule has 130 valence electrons. The number of hydrogen-bond acceptors (Lipinski definition) is 4. The van der Waals surface area contributed by atoms with Crippen LogP contribution in [0.4, 0.5) is 17.3 Å². The predicted octanol–water partition coefficient (Wildman–Crippen LogP) is 4.44. The Kier molecular flexibility index (Phi) is 3.63. The summed E-state index contributed by atoms with van der Waals surface area (Å²) in [6.07, 6.45) is 3.75. The van der Waals surface area contributed by atoms with Crippen LogP contribution in [-0.2, 0) is 19.4 Å². The maximum atomic E-state index is 4.69. The highest BCUT2D eigenvalue weighted by atomic mass is 15.2. The first-order valence-corrected chi connectivity index (χ1v) is 9.32. The number of aromatic nitrogens is 2. The van der Waals surface area contributed by atoms with E-state index in [-0.39, 0.29) is 0 Å². The Morgan fingerprint density at radius 2 is 1.96 bits per heavy atom. The molecule has 0 spiro atoms. The second kappa shape index (κ2) is 6.13. The molecular weight excluding hydrogens is 320 g/mol. The zero-order chi connectivity index (χ0) is 17.5. The highest BCUT2D eigenvalue weighted by Gasteiger charge is 2.32. The van der Waals surface area contributed by atoms with Crippen molar-refractivity contribution in [2.24, 2.45) is 0 Å². The van der Waals surface area contributed by atoms with Crippen LogP contribution in [0.15, 0.2) is 54.9 Å². The van der Waals surface area contributed by atoms with Gasteiger partial charge in [-0.1, -0.05) is 55.5 Å². The fraction of sp³-hybridized carbons (Fsp3) is 0.273. The minimum atomic E-state index is 0.454. The quantitative estimate of drug-likeness (QED) is 0.764. The number of rotatable bonds is 3. The molecule has 2 aliphatic heterocycles. The lowest BCUT2D eigenvalue weighted by atomic mass is 9.92. The smallest absolute Gasteiger partial charge is 0.141 e. The molecule has 26 heavy (non-hydrogen) atoms. The van der Waals surface area contributed by atoms with Crippen molar-refractivity contribution in [3.05, 3.63) is 77.1 Å². The Labute approximate surface area is 153 Å². The number of nitrogens with one attached hydrogen (secondary N) is 1. The normalized spacial score (nSPS) is 17.4. The van der Waals surface area contributed by atoms with Gasteiger partial charge < -0.3 is 10.2 Å². The molecule has 0 saturated carbocycles. The van der Waals surface area contributed by atoms with E-state index in [1.807, 2.05) is 6.07 Å². The van der Waals surface area contributed by atoms with Gasteiger partial charge in [0.2, 0.25) is 0 Å². The van der Waals surface area contributed by atoms with Gasteiger partial charge in [0.15, 0.2) is 0 Å². The number of fused-ring (bicyclic) bond motifs is 2. The molecule has 0 saturated heterocycles. The molecule has 2 aromatic carbocycles. The summed E-state index contributed by atoms with van der Waals surface area (Å²) in [5.41, 5.74) is 6.76. The second-order valence-electron chi connectivity index (χ2n) is 7.23. The topological polar surface area (TPSA) is 41.1 Å². The van der Waals surface area contributed by atoms with Crippen LogP contribution in [0, 0.1) is 0 Å². The summed E-state index contributed by atoms with van der Waals surface area (Å²) in [5.74, 6) is 2.49. The van der Waals surface area contributed by atoms with Crippen molar-refractivity contribution in [1.82, 2.24) is 9.97 Å². The average Bonchev–Trinajstić information content (AvgIpc) is 3.06. The second-order valence-corrected chi connectivity index (χ2v) is 7.23. The van der Waals surface area contributed by atoms with Gasteiger partial charge >= 0.3 is 0 Å². The van der Waals surface area contributed by atoms with E-state index < -0.39 is 0 Å². The van der Waals surface area contributed by atoms with E-state index >= 15 is 0 Å². The van der Waals surface area contributed by atoms with Crippen molar-refractivity contribution in [1.29, 1.82) is 0 Å². The summed E-state index contributed by atoms with van der Waals surface area (Å²) in [4.78, 5) is 11.7. The number of para-hydroxylation sites is 1. The first-order chi connectivity index (χ1) is 12.8. The fourth-order valence-electron chi connectivity index (χ4n) is 4.27.